The Morgan fingerprint density at radius 3 is 2.70 bits per heavy atom. The van der Waals surface area contributed by atoms with Crippen LogP contribution in [0.15, 0.2) is 10.7 Å². The summed E-state index contributed by atoms with van der Waals surface area (Å²) in [5, 5.41) is 9.65. The predicted octanol–water partition coefficient (Wildman–Crippen LogP) is 3.28. The highest BCUT2D eigenvalue weighted by molar-refractivity contribution is 9.10. The Morgan fingerprint density at radius 2 is 2.05 bits per heavy atom. The van der Waals surface area contributed by atoms with Crippen molar-refractivity contribution in [2.24, 2.45) is 0 Å². The maximum atomic E-state index is 9.65. The van der Waals surface area contributed by atoms with Crippen molar-refractivity contribution in [1.82, 2.24) is 9.97 Å². The lowest BCUT2D eigenvalue weighted by molar-refractivity contribution is 0.254. The summed E-state index contributed by atoms with van der Waals surface area (Å²) in [7, 11) is 0. The van der Waals surface area contributed by atoms with E-state index in [0.717, 1.165) is 35.6 Å². The van der Waals surface area contributed by atoms with Crippen molar-refractivity contribution >= 4 is 21.7 Å². The molecule has 0 spiro atoms. The van der Waals surface area contributed by atoms with Crippen LogP contribution in [0.3, 0.4) is 0 Å². The van der Waals surface area contributed by atoms with Crippen LogP contribution in [0, 0.1) is 0 Å². The number of aliphatic hydroxyl groups excluding tert-OH is 1. The van der Waals surface area contributed by atoms with Crippen LogP contribution in [0.5, 0.6) is 0 Å². The van der Waals surface area contributed by atoms with E-state index in [4.69, 9.17) is 4.98 Å². The quantitative estimate of drug-likeness (QED) is 0.838. The average molecular weight is 342 g/mol. The molecule has 0 bridgehead atoms. The molecule has 1 fully saturated rings. The van der Waals surface area contributed by atoms with Gasteiger partial charge in [-0.25, -0.2) is 9.97 Å². The monoisotopic (exact) mass is 341 g/mol. The number of anilines is 1. The number of aliphatic hydroxyl groups is 1. The molecule has 5 heteroatoms. The molecule has 20 heavy (non-hydrogen) atoms. The second-order valence-corrected chi connectivity index (χ2v) is 7.31. The van der Waals surface area contributed by atoms with Crippen molar-refractivity contribution in [3.63, 3.8) is 0 Å². The minimum atomic E-state index is -0.0842. The Labute approximate surface area is 129 Å². The van der Waals surface area contributed by atoms with Gasteiger partial charge in [0, 0.05) is 18.0 Å². The number of halogens is 1. The molecular weight excluding hydrogens is 318 g/mol. The first-order valence-electron chi connectivity index (χ1n) is 7.34. The zero-order valence-electron chi connectivity index (χ0n) is 12.6. The van der Waals surface area contributed by atoms with Crippen LogP contribution in [-0.2, 0) is 5.41 Å². The summed E-state index contributed by atoms with van der Waals surface area (Å²) >= 11 is 3.49. The molecule has 1 aliphatic heterocycles. The van der Waals surface area contributed by atoms with Gasteiger partial charge in [0.05, 0.1) is 12.6 Å². The Morgan fingerprint density at radius 1 is 1.30 bits per heavy atom. The number of nitrogens with zero attached hydrogens (tertiary/aromatic N) is 3. The third-order valence-electron chi connectivity index (χ3n) is 3.73. The van der Waals surface area contributed by atoms with Gasteiger partial charge < -0.3 is 10.0 Å². The first-order valence-corrected chi connectivity index (χ1v) is 8.13. The van der Waals surface area contributed by atoms with Gasteiger partial charge in [0.25, 0.3) is 0 Å². The van der Waals surface area contributed by atoms with E-state index < -0.39 is 0 Å². The SMILES string of the molecule is CC(C)(C)c1nc(Br)cc(N2CCCCCC2CO)n1. The minimum Gasteiger partial charge on any atom is -0.394 e. The van der Waals surface area contributed by atoms with Gasteiger partial charge in [0.1, 0.15) is 16.2 Å². The van der Waals surface area contributed by atoms with Crippen molar-refractivity contribution in [2.75, 3.05) is 18.1 Å². The van der Waals surface area contributed by atoms with Gasteiger partial charge in [0.2, 0.25) is 0 Å². The largest absolute Gasteiger partial charge is 0.394 e. The molecule has 0 saturated carbocycles. The molecule has 1 atom stereocenters. The van der Waals surface area contributed by atoms with Gasteiger partial charge in [-0.15, -0.1) is 0 Å². The van der Waals surface area contributed by atoms with Crippen LogP contribution < -0.4 is 4.90 Å². The Kier molecular flexibility index (Phi) is 5.02. The van der Waals surface area contributed by atoms with Crippen molar-refractivity contribution in [3.8, 4) is 0 Å². The van der Waals surface area contributed by atoms with Crippen LogP contribution in [0.25, 0.3) is 0 Å². The summed E-state index contributed by atoms with van der Waals surface area (Å²) in [5.41, 5.74) is -0.0842. The number of rotatable bonds is 2. The zero-order chi connectivity index (χ0) is 14.8. The second-order valence-electron chi connectivity index (χ2n) is 6.50. The van der Waals surface area contributed by atoms with E-state index >= 15 is 0 Å². The van der Waals surface area contributed by atoms with Crippen molar-refractivity contribution in [1.29, 1.82) is 0 Å². The minimum absolute atomic E-state index is 0.0842. The van der Waals surface area contributed by atoms with Crippen molar-refractivity contribution in [3.05, 3.63) is 16.5 Å². The fourth-order valence-corrected chi connectivity index (χ4v) is 2.93. The average Bonchev–Trinajstić information content (AvgIpc) is 2.61. The van der Waals surface area contributed by atoms with E-state index in [0.29, 0.717) is 0 Å². The lowest BCUT2D eigenvalue weighted by Crippen LogP contribution is -2.38. The first kappa shape index (κ1) is 15.7. The molecule has 1 aromatic heterocycles. The van der Waals surface area contributed by atoms with Gasteiger partial charge in [0.15, 0.2) is 0 Å². The molecule has 1 aromatic rings. The number of aromatic nitrogens is 2. The molecule has 0 aliphatic carbocycles. The van der Waals surface area contributed by atoms with Gasteiger partial charge >= 0.3 is 0 Å². The summed E-state index contributed by atoms with van der Waals surface area (Å²) < 4.78 is 0.813. The molecule has 1 saturated heterocycles. The van der Waals surface area contributed by atoms with Crippen LogP contribution in [0.1, 0.15) is 52.3 Å². The highest BCUT2D eigenvalue weighted by Crippen LogP contribution is 2.27. The molecular formula is C15H24BrN3O. The maximum absolute atomic E-state index is 9.65. The molecule has 4 nitrogen and oxygen atoms in total. The van der Waals surface area contributed by atoms with E-state index in [1.165, 1.54) is 12.8 Å². The highest BCUT2D eigenvalue weighted by atomic mass is 79.9. The van der Waals surface area contributed by atoms with Crippen LogP contribution in [-0.4, -0.2) is 34.3 Å². The fraction of sp³-hybridized carbons (Fsp3) is 0.733. The summed E-state index contributed by atoms with van der Waals surface area (Å²) in [5.74, 6) is 1.76. The van der Waals surface area contributed by atoms with Crippen molar-refractivity contribution < 1.29 is 5.11 Å². The first-order chi connectivity index (χ1) is 9.41. The summed E-state index contributed by atoms with van der Waals surface area (Å²) in [6, 6.07) is 2.13. The number of hydrogen-bond acceptors (Lipinski definition) is 4. The Hall–Kier alpha value is -0.680. The molecule has 0 amide bonds. The molecule has 0 aromatic carbocycles. The molecule has 1 unspecified atom stereocenters. The summed E-state index contributed by atoms with van der Waals surface area (Å²) in [6.45, 7) is 7.49. The highest BCUT2D eigenvalue weighted by Gasteiger charge is 2.25. The summed E-state index contributed by atoms with van der Waals surface area (Å²) in [4.78, 5) is 11.5. The maximum Gasteiger partial charge on any atom is 0.137 e. The molecule has 2 heterocycles. The third-order valence-corrected chi connectivity index (χ3v) is 4.14. The summed E-state index contributed by atoms with van der Waals surface area (Å²) in [6.07, 6.45) is 4.59. The molecule has 112 valence electrons. The molecule has 0 radical (unpaired) electrons. The van der Waals surface area contributed by atoms with Crippen LogP contribution in [0.2, 0.25) is 0 Å². The molecule has 2 rings (SSSR count). The van der Waals surface area contributed by atoms with Crippen LogP contribution in [0.4, 0.5) is 5.82 Å². The third kappa shape index (κ3) is 3.70. The van der Waals surface area contributed by atoms with E-state index in [9.17, 15) is 5.11 Å². The Bertz CT molecular complexity index is 459. The van der Waals surface area contributed by atoms with Gasteiger partial charge in [-0.05, 0) is 28.8 Å². The normalized spacial score (nSPS) is 20.9. The standard InChI is InChI=1S/C15H24BrN3O/c1-15(2,3)14-17-12(16)9-13(18-14)19-8-6-4-5-7-11(19)10-20/h9,11,20H,4-8,10H2,1-3H3. The van der Waals surface area contributed by atoms with E-state index in [-0.39, 0.29) is 18.1 Å². The Balaban J connectivity index is 2.37. The van der Waals surface area contributed by atoms with Gasteiger partial charge in [-0.1, -0.05) is 33.6 Å². The molecule has 1 aliphatic rings. The zero-order valence-corrected chi connectivity index (χ0v) is 14.2. The fourth-order valence-electron chi connectivity index (χ4n) is 2.56. The second kappa shape index (κ2) is 6.39. The lowest BCUT2D eigenvalue weighted by Gasteiger charge is -2.31. The van der Waals surface area contributed by atoms with Crippen LogP contribution >= 0.6 is 15.9 Å². The van der Waals surface area contributed by atoms with Gasteiger partial charge in [-0.2, -0.15) is 0 Å². The van der Waals surface area contributed by atoms with Gasteiger partial charge in [-0.3, -0.25) is 0 Å². The topological polar surface area (TPSA) is 49.2 Å². The van der Waals surface area contributed by atoms with E-state index in [2.05, 4.69) is 46.6 Å². The predicted molar refractivity (Wildman–Crippen MR) is 85.1 cm³/mol. The van der Waals surface area contributed by atoms with E-state index in [1.807, 2.05) is 6.07 Å². The number of hydrogen-bond donors (Lipinski definition) is 1. The van der Waals surface area contributed by atoms with E-state index in [1.54, 1.807) is 0 Å². The lowest BCUT2D eigenvalue weighted by atomic mass is 9.96. The molecule has 1 N–H and O–H groups in total. The van der Waals surface area contributed by atoms with Crippen molar-refractivity contribution in [2.45, 2.75) is 57.9 Å². The smallest absolute Gasteiger partial charge is 0.137 e.